The lowest BCUT2D eigenvalue weighted by molar-refractivity contribution is -0.886. The van der Waals surface area contributed by atoms with E-state index in [4.69, 9.17) is 0 Å². The number of quaternary nitrogens is 1. The zero-order valence-electron chi connectivity index (χ0n) is 7.48. The minimum atomic E-state index is 0.910. The fourth-order valence-corrected chi connectivity index (χ4v) is 1.80. The van der Waals surface area contributed by atoms with Gasteiger partial charge in [-0.2, -0.15) is 0 Å². The Balaban J connectivity index is 2.26. The Morgan fingerprint density at radius 3 is 2.10 bits per heavy atom. The van der Waals surface area contributed by atoms with Crippen LogP contribution in [0.1, 0.15) is 26.7 Å². The number of piperidine rings is 1. The van der Waals surface area contributed by atoms with Crippen LogP contribution < -0.4 is 4.90 Å². The Morgan fingerprint density at radius 2 is 1.70 bits per heavy atom. The van der Waals surface area contributed by atoms with E-state index in [-0.39, 0.29) is 0 Å². The van der Waals surface area contributed by atoms with Gasteiger partial charge in [0.25, 0.3) is 0 Å². The first kappa shape index (κ1) is 8.06. The van der Waals surface area contributed by atoms with Crippen LogP contribution in [0.4, 0.5) is 0 Å². The van der Waals surface area contributed by atoms with Crippen LogP contribution in [0.25, 0.3) is 0 Å². The molecule has 0 aromatic carbocycles. The lowest BCUT2D eigenvalue weighted by Gasteiger charge is -2.28. The molecule has 1 heterocycles. The largest absolute Gasteiger partial charge is 0.337 e. The molecule has 0 aromatic rings. The summed E-state index contributed by atoms with van der Waals surface area (Å²) in [4.78, 5) is 1.72. The van der Waals surface area contributed by atoms with Crippen molar-refractivity contribution in [2.75, 3.05) is 20.1 Å². The number of nitrogens with one attached hydrogen (secondary N) is 1. The molecule has 1 heteroatoms. The fraction of sp³-hybridized carbons (Fsp3) is 1.00. The zero-order valence-corrected chi connectivity index (χ0v) is 7.48. The van der Waals surface area contributed by atoms with Crippen LogP contribution in [0.15, 0.2) is 0 Å². The van der Waals surface area contributed by atoms with Gasteiger partial charge in [0.05, 0.1) is 20.1 Å². The standard InChI is InChI=1S/C9H19N/c1-8(2)9-4-6-10(3)7-5-9/h8-9H,4-7H2,1-3H3/p+1. The molecule has 1 N–H and O–H groups in total. The number of likely N-dealkylation sites (tertiary alicyclic amines) is 1. The molecule has 0 aromatic heterocycles. The number of hydrogen-bond donors (Lipinski definition) is 1. The minimum Gasteiger partial charge on any atom is -0.337 e. The summed E-state index contributed by atoms with van der Waals surface area (Å²) < 4.78 is 0. The van der Waals surface area contributed by atoms with E-state index in [0.29, 0.717) is 0 Å². The normalized spacial score (nSPS) is 34.8. The van der Waals surface area contributed by atoms with E-state index in [1.807, 2.05) is 0 Å². The molecule has 1 saturated heterocycles. The molecule has 1 fully saturated rings. The second-order valence-corrected chi connectivity index (χ2v) is 4.04. The highest BCUT2D eigenvalue weighted by Crippen LogP contribution is 2.18. The number of hydrogen-bond acceptors (Lipinski definition) is 0. The molecular weight excluding hydrogens is 122 g/mol. The third kappa shape index (κ3) is 1.98. The molecule has 0 aliphatic carbocycles. The van der Waals surface area contributed by atoms with Gasteiger partial charge < -0.3 is 4.90 Å². The second-order valence-electron chi connectivity index (χ2n) is 4.04. The Labute approximate surface area is 64.4 Å². The summed E-state index contributed by atoms with van der Waals surface area (Å²) >= 11 is 0. The first-order valence-electron chi connectivity index (χ1n) is 4.51. The van der Waals surface area contributed by atoms with E-state index < -0.39 is 0 Å². The smallest absolute Gasteiger partial charge is 0.0771 e. The van der Waals surface area contributed by atoms with Gasteiger partial charge in [-0.25, -0.2) is 0 Å². The van der Waals surface area contributed by atoms with Gasteiger partial charge in [0, 0.05) is 0 Å². The van der Waals surface area contributed by atoms with Crippen molar-refractivity contribution in [2.45, 2.75) is 26.7 Å². The highest BCUT2D eigenvalue weighted by Gasteiger charge is 2.21. The fourth-order valence-electron chi connectivity index (χ4n) is 1.80. The maximum atomic E-state index is 2.35. The Morgan fingerprint density at radius 1 is 1.20 bits per heavy atom. The third-order valence-corrected chi connectivity index (χ3v) is 2.83. The van der Waals surface area contributed by atoms with Gasteiger partial charge in [-0.3, -0.25) is 0 Å². The van der Waals surface area contributed by atoms with Crippen molar-refractivity contribution in [3.63, 3.8) is 0 Å². The molecule has 1 rings (SSSR count). The van der Waals surface area contributed by atoms with Crippen LogP contribution in [0, 0.1) is 11.8 Å². The summed E-state index contributed by atoms with van der Waals surface area (Å²) in [7, 11) is 2.30. The van der Waals surface area contributed by atoms with Crippen LogP contribution in [0.2, 0.25) is 0 Å². The van der Waals surface area contributed by atoms with Crippen molar-refractivity contribution in [3.8, 4) is 0 Å². The predicted octanol–water partition coefficient (Wildman–Crippen LogP) is 0.567. The van der Waals surface area contributed by atoms with Gasteiger partial charge in [0.15, 0.2) is 0 Å². The molecule has 10 heavy (non-hydrogen) atoms. The van der Waals surface area contributed by atoms with Crippen LogP contribution in [-0.4, -0.2) is 20.1 Å². The Hall–Kier alpha value is -0.0400. The second kappa shape index (κ2) is 3.38. The van der Waals surface area contributed by atoms with Gasteiger partial charge in [0.2, 0.25) is 0 Å². The lowest BCUT2D eigenvalue weighted by Crippen LogP contribution is -3.10. The van der Waals surface area contributed by atoms with E-state index >= 15 is 0 Å². The maximum Gasteiger partial charge on any atom is 0.0771 e. The van der Waals surface area contributed by atoms with Crippen molar-refractivity contribution in [1.29, 1.82) is 0 Å². The molecule has 0 spiro atoms. The van der Waals surface area contributed by atoms with E-state index in [1.165, 1.54) is 25.9 Å². The third-order valence-electron chi connectivity index (χ3n) is 2.83. The molecule has 0 radical (unpaired) electrons. The van der Waals surface area contributed by atoms with Crippen molar-refractivity contribution in [1.82, 2.24) is 0 Å². The molecule has 1 nitrogen and oxygen atoms in total. The van der Waals surface area contributed by atoms with Gasteiger partial charge in [-0.05, 0) is 24.7 Å². The van der Waals surface area contributed by atoms with E-state index in [0.717, 1.165) is 11.8 Å². The Bertz CT molecular complexity index is 90.9. The van der Waals surface area contributed by atoms with Crippen molar-refractivity contribution in [3.05, 3.63) is 0 Å². The van der Waals surface area contributed by atoms with Crippen LogP contribution in [-0.2, 0) is 0 Å². The van der Waals surface area contributed by atoms with Crippen molar-refractivity contribution < 1.29 is 4.90 Å². The Kier molecular flexibility index (Phi) is 2.72. The molecule has 0 amide bonds. The predicted molar refractivity (Wildman–Crippen MR) is 44.2 cm³/mol. The summed E-state index contributed by atoms with van der Waals surface area (Å²) in [5, 5.41) is 0. The van der Waals surface area contributed by atoms with Crippen LogP contribution in [0.3, 0.4) is 0 Å². The van der Waals surface area contributed by atoms with Crippen molar-refractivity contribution in [2.24, 2.45) is 11.8 Å². The maximum absolute atomic E-state index is 2.35. The van der Waals surface area contributed by atoms with Crippen LogP contribution >= 0.6 is 0 Å². The number of rotatable bonds is 1. The topological polar surface area (TPSA) is 4.44 Å². The summed E-state index contributed by atoms with van der Waals surface area (Å²) in [5.41, 5.74) is 0. The highest BCUT2D eigenvalue weighted by atomic mass is 15.1. The van der Waals surface area contributed by atoms with E-state index in [2.05, 4.69) is 20.9 Å². The zero-order chi connectivity index (χ0) is 7.56. The summed E-state index contributed by atoms with van der Waals surface area (Å²) in [5.74, 6) is 1.93. The SMILES string of the molecule is CC(C)C1CC[NH+](C)CC1. The highest BCUT2D eigenvalue weighted by molar-refractivity contribution is 4.64. The molecule has 60 valence electrons. The van der Waals surface area contributed by atoms with E-state index in [1.54, 1.807) is 4.90 Å². The monoisotopic (exact) mass is 142 g/mol. The molecule has 0 bridgehead atoms. The molecule has 0 unspecified atom stereocenters. The molecular formula is C9H20N+. The van der Waals surface area contributed by atoms with Gasteiger partial charge in [-0.1, -0.05) is 13.8 Å². The first-order chi connectivity index (χ1) is 4.70. The van der Waals surface area contributed by atoms with Gasteiger partial charge in [-0.15, -0.1) is 0 Å². The van der Waals surface area contributed by atoms with Crippen LogP contribution in [0.5, 0.6) is 0 Å². The van der Waals surface area contributed by atoms with Gasteiger partial charge >= 0.3 is 0 Å². The van der Waals surface area contributed by atoms with Gasteiger partial charge in [0.1, 0.15) is 0 Å². The average Bonchev–Trinajstić information content (AvgIpc) is 1.88. The molecule has 1 aliphatic rings. The summed E-state index contributed by atoms with van der Waals surface area (Å²) in [6.07, 6.45) is 2.90. The first-order valence-corrected chi connectivity index (χ1v) is 4.51. The lowest BCUT2D eigenvalue weighted by atomic mass is 9.87. The minimum absolute atomic E-state index is 0.910. The summed E-state index contributed by atoms with van der Waals surface area (Å²) in [6.45, 7) is 7.49. The average molecular weight is 142 g/mol. The van der Waals surface area contributed by atoms with E-state index in [9.17, 15) is 0 Å². The quantitative estimate of drug-likeness (QED) is 0.546. The molecule has 0 saturated carbocycles. The summed E-state index contributed by atoms with van der Waals surface area (Å²) in [6, 6.07) is 0. The molecule has 0 atom stereocenters. The molecule has 1 aliphatic heterocycles. The van der Waals surface area contributed by atoms with Crippen molar-refractivity contribution >= 4 is 0 Å².